The van der Waals surface area contributed by atoms with Crippen molar-refractivity contribution in [1.29, 1.82) is 0 Å². The van der Waals surface area contributed by atoms with E-state index in [4.69, 9.17) is 11.2 Å². The fourth-order valence-corrected chi connectivity index (χ4v) is 1.97. The predicted octanol–water partition coefficient (Wildman–Crippen LogP) is 2.37. The van der Waals surface area contributed by atoms with Crippen molar-refractivity contribution in [3.63, 3.8) is 0 Å². The molecule has 1 heterocycles. The number of benzene rings is 1. The second-order valence-electron chi connectivity index (χ2n) is 4.28. The Morgan fingerprint density at radius 2 is 2.11 bits per heavy atom. The lowest BCUT2D eigenvalue weighted by Gasteiger charge is -2.12. The molecule has 0 aliphatic rings. The van der Waals surface area contributed by atoms with Gasteiger partial charge in [-0.1, -0.05) is 12.0 Å². The normalized spacial score (nSPS) is 9.95. The van der Waals surface area contributed by atoms with E-state index in [-0.39, 0.29) is 12.2 Å². The van der Waals surface area contributed by atoms with Gasteiger partial charge in [-0.2, -0.15) is 0 Å². The molecule has 0 fully saturated rings. The minimum absolute atomic E-state index is 0.0236. The Kier molecular flexibility index (Phi) is 3.72. The minimum atomic E-state index is -0.0236. The quantitative estimate of drug-likeness (QED) is 0.786. The van der Waals surface area contributed by atoms with E-state index in [2.05, 4.69) is 5.92 Å². The van der Waals surface area contributed by atoms with Crippen LogP contribution in [0.3, 0.4) is 0 Å². The van der Waals surface area contributed by atoms with Crippen LogP contribution in [0.2, 0.25) is 0 Å². The predicted molar refractivity (Wildman–Crippen MR) is 76.2 cm³/mol. The second-order valence-corrected chi connectivity index (χ2v) is 4.28. The van der Waals surface area contributed by atoms with Gasteiger partial charge in [-0.05, 0) is 36.8 Å². The first-order valence-corrected chi connectivity index (χ1v) is 5.97. The zero-order chi connectivity index (χ0) is 13.8. The van der Waals surface area contributed by atoms with Gasteiger partial charge in [-0.25, -0.2) is 0 Å². The summed E-state index contributed by atoms with van der Waals surface area (Å²) in [6.07, 6.45) is 5.16. The zero-order valence-electron chi connectivity index (χ0n) is 11.0. The second kappa shape index (κ2) is 5.45. The van der Waals surface area contributed by atoms with E-state index in [1.807, 2.05) is 31.2 Å². The van der Waals surface area contributed by atoms with Gasteiger partial charge in [0.2, 0.25) is 0 Å². The molecule has 2 aromatic rings. The molecule has 0 aliphatic carbocycles. The first-order valence-electron chi connectivity index (χ1n) is 5.97. The molecular formula is C16H15NO2. The van der Waals surface area contributed by atoms with Crippen LogP contribution in [0.25, 0.3) is 11.3 Å². The molecule has 0 radical (unpaired) electrons. The molecule has 0 unspecified atom stereocenters. The van der Waals surface area contributed by atoms with Crippen LogP contribution in [0.4, 0.5) is 0 Å². The van der Waals surface area contributed by atoms with Crippen molar-refractivity contribution in [2.45, 2.75) is 6.92 Å². The number of aromatic nitrogens is 1. The minimum Gasteiger partial charge on any atom is -0.481 e. The maximum atomic E-state index is 11.6. The van der Waals surface area contributed by atoms with Crippen molar-refractivity contribution in [2.75, 3.05) is 6.61 Å². The van der Waals surface area contributed by atoms with Crippen molar-refractivity contribution in [3.05, 3.63) is 52.3 Å². The number of terminal acetylenes is 1. The fourth-order valence-electron chi connectivity index (χ4n) is 1.97. The molecule has 0 saturated heterocycles. The number of nitrogens with zero attached hydrogens (tertiary/aromatic N) is 1. The van der Waals surface area contributed by atoms with E-state index < -0.39 is 0 Å². The summed E-state index contributed by atoms with van der Waals surface area (Å²) in [6, 6.07) is 11.0. The summed E-state index contributed by atoms with van der Waals surface area (Å²) < 4.78 is 7.01. The highest BCUT2D eigenvalue weighted by molar-refractivity contribution is 5.65. The van der Waals surface area contributed by atoms with Crippen LogP contribution in [0.5, 0.6) is 5.75 Å². The van der Waals surface area contributed by atoms with Gasteiger partial charge in [0.15, 0.2) is 0 Å². The van der Waals surface area contributed by atoms with Gasteiger partial charge in [0.1, 0.15) is 12.4 Å². The number of ether oxygens (including phenoxy) is 1. The lowest BCUT2D eigenvalue weighted by molar-refractivity contribution is 0.370. The van der Waals surface area contributed by atoms with Crippen molar-refractivity contribution >= 4 is 0 Å². The molecule has 0 bridgehead atoms. The summed E-state index contributed by atoms with van der Waals surface area (Å²) in [5.41, 5.74) is 2.90. The van der Waals surface area contributed by atoms with Gasteiger partial charge in [-0.3, -0.25) is 4.79 Å². The Morgan fingerprint density at radius 1 is 1.32 bits per heavy atom. The van der Waals surface area contributed by atoms with Crippen LogP contribution in [-0.4, -0.2) is 11.2 Å². The van der Waals surface area contributed by atoms with E-state index in [0.717, 1.165) is 22.6 Å². The van der Waals surface area contributed by atoms with Crippen LogP contribution < -0.4 is 10.3 Å². The Bertz CT molecular complexity index is 693. The van der Waals surface area contributed by atoms with Gasteiger partial charge in [0.25, 0.3) is 5.56 Å². The van der Waals surface area contributed by atoms with Crippen LogP contribution in [0, 0.1) is 19.3 Å². The molecule has 2 rings (SSSR count). The molecule has 19 heavy (non-hydrogen) atoms. The third kappa shape index (κ3) is 2.69. The Labute approximate surface area is 112 Å². The molecule has 0 spiro atoms. The first-order chi connectivity index (χ1) is 9.13. The van der Waals surface area contributed by atoms with E-state index in [9.17, 15) is 4.79 Å². The topological polar surface area (TPSA) is 31.2 Å². The molecule has 3 nitrogen and oxygen atoms in total. The van der Waals surface area contributed by atoms with Crippen LogP contribution in [0.1, 0.15) is 5.56 Å². The highest BCUT2D eigenvalue weighted by Crippen LogP contribution is 2.25. The van der Waals surface area contributed by atoms with E-state index in [0.29, 0.717) is 0 Å². The zero-order valence-corrected chi connectivity index (χ0v) is 11.0. The summed E-state index contributed by atoms with van der Waals surface area (Å²) in [6.45, 7) is 2.23. The van der Waals surface area contributed by atoms with Gasteiger partial charge < -0.3 is 9.30 Å². The van der Waals surface area contributed by atoms with E-state index >= 15 is 0 Å². The van der Waals surface area contributed by atoms with Crippen molar-refractivity contribution in [2.24, 2.45) is 7.05 Å². The van der Waals surface area contributed by atoms with Crippen molar-refractivity contribution < 1.29 is 4.74 Å². The van der Waals surface area contributed by atoms with Gasteiger partial charge in [0, 0.05) is 18.7 Å². The molecule has 0 atom stereocenters. The average molecular weight is 253 g/mol. The number of hydrogen-bond acceptors (Lipinski definition) is 2. The Morgan fingerprint density at radius 3 is 2.79 bits per heavy atom. The molecule has 96 valence electrons. The highest BCUT2D eigenvalue weighted by atomic mass is 16.5. The number of pyridine rings is 1. The summed E-state index contributed by atoms with van der Waals surface area (Å²) in [4.78, 5) is 11.6. The summed E-state index contributed by atoms with van der Waals surface area (Å²) in [7, 11) is 1.76. The third-order valence-electron chi connectivity index (χ3n) is 2.98. The third-order valence-corrected chi connectivity index (χ3v) is 2.98. The number of hydrogen-bond donors (Lipinski definition) is 0. The standard InChI is InChI=1S/C16H15NO2/c1-4-10-19-13-8-9-14(12(2)11-13)15-6-5-7-16(18)17(15)3/h1,5-9,11H,10H2,2-3H3. The first kappa shape index (κ1) is 13.0. The van der Waals surface area contributed by atoms with Crippen molar-refractivity contribution in [3.8, 4) is 29.4 Å². The fraction of sp³-hybridized carbons (Fsp3) is 0.188. The van der Waals surface area contributed by atoms with Gasteiger partial charge >= 0.3 is 0 Å². The number of rotatable bonds is 3. The molecule has 3 heteroatoms. The SMILES string of the molecule is C#CCOc1ccc(-c2cccc(=O)n2C)c(C)c1. The van der Waals surface area contributed by atoms with E-state index in [1.165, 1.54) is 0 Å². The largest absolute Gasteiger partial charge is 0.481 e. The molecule has 0 N–H and O–H groups in total. The molecule has 0 saturated carbocycles. The summed E-state index contributed by atoms with van der Waals surface area (Å²) in [5, 5.41) is 0. The highest BCUT2D eigenvalue weighted by Gasteiger charge is 2.07. The van der Waals surface area contributed by atoms with Gasteiger partial charge in [-0.15, -0.1) is 6.42 Å². The lowest BCUT2D eigenvalue weighted by atomic mass is 10.0. The maximum Gasteiger partial charge on any atom is 0.250 e. The molecule has 0 amide bonds. The Hall–Kier alpha value is -2.47. The summed E-state index contributed by atoms with van der Waals surface area (Å²) in [5.74, 6) is 3.17. The summed E-state index contributed by atoms with van der Waals surface area (Å²) >= 11 is 0. The average Bonchev–Trinajstić information content (AvgIpc) is 2.40. The molecule has 0 aliphatic heterocycles. The monoisotopic (exact) mass is 253 g/mol. The molecule has 1 aromatic carbocycles. The van der Waals surface area contributed by atoms with Crippen molar-refractivity contribution in [1.82, 2.24) is 4.57 Å². The van der Waals surface area contributed by atoms with Gasteiger partial charge in [0.05, 0.1) is 5.69 Å². The van der Waals surface area contributed by atoms with Crippen LogP contribution in [0.15, 0.2) is 41.2 Å². The van der Waals surface area contributed by atoms with Crippen LogP contribution >= 0.6 is 0 Å². The maximum absolute atomic E-state index is 11.6. The Balaban J connectivity index is 2.44. The smallest absolute Gasteiger partial charge is 0.250 e. The van der Waals surface area contributed by atoms with E-state index in [1.54, 1.807) is 23.7 Å². The van der Waals surface area contributed by atoms with Crippen LogP contribution in [-0.2, 0) is 7.05 Å². The molecular weight excluding hydrogens is 238 g/mol. The number of aryl methyl sites for hydroxylation is 1. The molecule has 1 aromatic heterocycles. The lowest BCUT2D eigenvalue weighted by Crippen LogP contribution is -2.16.